The zero-order valence-electron chi connectivity index (χ0n) is 11.4. The number of carbonyl (C=O) groups is 2. The molecule has 2 aromatic rings. The molecule has 4 nitrogen and oxygen atoms in total. The first-order chi connectivity index (χ1) is 11.2. The van der Waals surface area contributed by atoms with Crippen LogP contribution >= 0.6 is 58.0 Å². The molecule has 10 heteroatoms. The van der Waals surface area contributed by atoms with Crippen molar-refractivity contribution in [1.29, 1.82) is 0 Å². The highest BCUT2D eigenvalue weighted by Crippen LogP contribution is 2.40. The van der Waals surface area contributed by atoms with Crippen LogP contribution in [0.15, 0.2) is 24.3 Å². The van der Waals surface area contributed by atoms with Crippen molar-refractivity contribution in [3.8, 4) is 0 Å². The van der Waals surface area contributed by atoms with Gasteiger partial charge in [-0.25, -0.2) is 9.18 Å². The van der Waals surface area contributed by atoms with Crippen LogP contribution in [0.4, 0.5) is 14.9 Å². The summed E-state index contributed by atoms with van der Waals surface area (Å²) in [5, 5.41) is 3.96. The minimum Gasteiger partial charge on any atom is -0.306 e. The molecule has 0 unspecified atom stereocenters. The molecule has 0 aromatic heterocycles. The van der Waals surface area contributed by atoms with Crippen molar-refractivity contribution < 1.29 is 14.0 Å². The number of imide groups is 1. The van der Waals surface area contributed by atoms with Gasteiger partial charge in [0, 0.05) is 0 Å². The number of urea groups is 1. The van der Waals surface area contributed by atoms with E-state index >= 15 is 0 Å². The lowest BCUT2D eigenvalue weighted by atomic mass is 10.2. The van der Waals surface area contributed by atoms with E-state index in [-0.39, 0.29) is 30.8 Å². The van der Waals surface area contributed by atoms with Gasteiger partial charge in [-0.2, -0.15) is 0 Å². The average Bonchev–Trinajstić information content (AvgIpc) is 2.50. The first-order valence-electron chi connectivity index (χ1n) is 6.11. The quantitative estimate of drug-likeness (QED) is 0.450. The van der Waals surface area contributed by atoms with Crippen molar-refractivity contribution in [1.82, 2.24) is 5.32 Å². The molecule has 0 aliphatic carbocycles. The number of carbonyl (C=O) groups excluding carboxylic acids is 2. The van der Waals surface area contributed by atoms with Crippen LogP contribution < -0.4 is 10.6 Å². The van der Waals surface area contributed by atoms with E-state index < -0.39 is 23.3 Å². The van der Waals surface area contributed by atoms with E-state index in [9.17, 15) is 14.0 Å². The van der Waals surface area contributed by atoms with E-state index in [1.165, 1.54) is 18.2 Å². The molecule has 0 aliphatic heterocycles. The summed E-state index contributed by atoms with van der Waals surface area (Å²) in [6, 6.07) is 3.93. The van der Waals surface area contributed by atoms with Gasteiger partial charge < -0.3 is 5.32 Å². The Kier molecular flexibility index (Phi) is 6.17. The lowest BCUT2D eigenvalue weighted by Crippen LogP contribution is -2.35. The summed E-state index contributed by atoms with van der Waals surface area (Å²) in [5.41, 5.74) is -0.450. The summed E-state index contributed by atoms with van der Waals surface area (Å²) in [4.78, 5) is 23.8. The van der Waals surface area contributed by atoms with E-state index in [2.05, 4.69) is 5.32 Å². The van der Waals surface area contributed by atoms with Crippen molar-refractivity contribution in [3.63, 3.8) is 0 Å². The van der Waals surface area contributed by atoms with Crippen molar-refractivity contribution in [2.75, 3.05) is 5.32 Å². The maximum Gasteiger partial charge on any atom is 0.326 e. The summed E-state index contributed by atoms with van der Waals surface area (Å²) in [6.07, 6.45) is 0. The number of rotatable bonds is 2. The van der Waals surface area contributed by atoms with Crippen LogP contribution in [-0.2, 0) is 0 Å². The van der Waals surface area contributed by atoms with Gasteiger partial charge in [-0.05, 0) is 18.2 Å². The number of amides is 3. The molecule has 0 fully saturated rings. The molecule has 2 N–H and O–H groups in total. The molecule has 0 atom stereocenters. The maximum absolute atomic E-state index is 13.6. The fourth-order valence-corrected chi connectivity index (χ4v) is 2.80. The Labute approximate surface area is 160 Å². The lowest BCUT2D eigenvalue weighted by Gasteiger charge is -2.11. The van der Waals surface area contributed by atoms with Crippen molar-refractivity contribution in [2.45, 2.75) is 0 Å². The van der Waals surface area contributed by atoms with Crippen LogP contribution in [0.1, 0.15) is 10.4 Å². The second kappa shape index (κ2) is 7.76. The molecular formula is C14H6Cl5FN2O2. The summed E-state index contributed by atoms with van der Waals surface area (Å²) >= 11 is 29.2. The molecule has 3 amide bonds. The highest BCUT2D eigenvalue weighted by Gasteiger charge is 2.20. The number of hydrogen-bond acceptors (Lipinski definition) is 2. The van der Waals surface area contributed by atoms with Crippen LogP contribution in [0.5, 0.6) is 0 Å². The van der Waals surface area contributed by atoms with Crippen LogP contribution in [0.2, 0.25) is 25.1 Å². The molecule has 0 aliphatic rings. The van der Waals surface area contributed by atoms with Gasteiger partial charge in [-0.15, -0.1) is 0 Å². The van der Waals surface area contributed by atoms with Crippen LogP contribution in [-0.4, -0.2) is 11.9 Å². The second-order valence-corrected chi connectivity index (χ2v) is 6.30. The third-order valence-electron chi connectivity index (χ3n) is 2.77. The van der Waals surface area contributed by atoms with E-state index in [4.69, 9.17) is 58.0 Å². The smallest absolute Gasteiger partial charge is 0.306 e. The number of anilines is 1. The first kappa shape index (κ1) is 19.1. The minimum atomic E-state index is -1.03. The second-order valence-electron chi connectivity index (χ2n) is 4.35. The Morgan fingerprint density at radius 2 is 1.58 bits per heavy atom. The molecule has 0 saturated carbocycles. The molecule has 2 rings (SSSR count). The summed E-state index contributed by atoms with van der Waals surface area (Å²) in [6.45, 7) is 0. The molecule has 0 bridgehead atoms. The van der Waals surface area contributed by atoms with Crippen molar-refractivity contribution >= 4 is 75.6 Å². The molecule has 2 aromatic carbocycles. The highest BCUT2D eigenvalue weighted by atomic mass is 35.5. The highest BCUT2D eigenvalue weighted by molar-refractivity contribution is 6.52. The molecule has 0 spiro atoms. The van der Waals surface area contributed by atoms with Gasteiger partial charge in [-0.3, -0.25) is 10.1 Å². The Morgan fingerprint density at radius 1 is 0.917 bits per heavy atom. The number of hydrogen-bond donors (Lipinski definition) is 2. The van der Waals surface area contributed by atoms with Gasteiger partial charge in [0.2, 0.25) is 0 Å². The molecular weight excluding hydrogens is 424 g/mol. The number of benzene rings is 2. The average molecular weight is 430 g/mol. The Hall–Kier alpha value is -1.24. The topological polar surface area (TPSA) is 58.2 Å². The van der Waals surface area contributed by atoms with Gasteiger partial charge in [0.25, 0.3) is 5.91 Å². The fraction of sp³-hybridized carbons (Fsp3) is 0. The lowest BCUT2D eigenvalue weighted by molar-refractivity contribution is 0.0963. The van der Waals surface area contributed by atoms with Gasteiger partial charge >= 0.3 is 6.03 Å². The summed E-state index contributed by atoms with van der Waals surface area (Å²) in [5.74, 6) is -1.90. The SMILES string of the molecule is O=C(NC(=O)c1c(F)cccc1Cl)Nc1cc(Cl)c(Cl)c(Cl)c1Cl. The summed E-state index contributed by atoms with van der Waals surface area (Å²) < 4.78 is 13.6. The van der Waals surface area contributed by atoms with E-state index in [0.29, 0.717) is 0 Å². The van der Waals surface area contributed by atoms with Crippen molar-refractivity contribution in [2.24, 2.45) is 0 Å². The summed E-state index contributed by atoms with van der Waals surface area (Å²) in [7, 11) is 0. The van der Waals surface area contributed by atoms with E-state index in [1.807, 2.05) is 5.32 Å². The van der Waals surface area contributed by atoms with Gasteiger partial charge in [0.1, 0.15) is 5.82 Å². The van der Waals surface area contributed by atoms with Crippen LogP contribution in [0, 0.1) is 5.82 Å². The van der Waals surface area contributed by atoms with Gasteiger partial charge in [0.15, 0.2) is 0 Å². The van der Waals surface area contributed by atoms with E-state index in [0.717, 1.165) is 6.07 Å². The van der Waals surface area contributed by atoms with E-state index in [1.54, 1.807) is 0 Å². The number of nitrogens with one attached hydrogen (secondary N) is 2. The number of halogens is 6. The predicted molar refractivity (Wildman–Crippen MR) is 94.4 cm³/mol. The molecule has 0 radical (unpaired) electrons. The molecule has 126 valence electrons. The third kappa shape index (κ3) is 4.05. The molecule has 0 saturated heterocycles. The van der Waals surface area contributed by atoms with Crippen molar-refractivity contribution in [3.05, 3.63) is 60.8 Å². The fourth-order valence-electron chi connectivity index (χ4n) is 1.70. The predicted octanol–water partition coefficient (Wildman–Crippen LogP) is 6.05. The normalized spacial score (nSPS) is 10.4. The van der Waals surface area contributed by atoms with Gasteiger partial charge in [-0.1, -0.05) is 64.1 Å². The molecule has 24 heavy (non-hydrogen) atoms. The zero-order chi connectivity index (χ0) is 18.0. The minimum absolute atomic E-state index is 0.0148. The van der Waals surface area contributed by atoms with Crippen LogP contribution in [0.25, 0.3) is 0 Å². The Bertz CT molecular complexity index is 824. The maximum atomic E-state index is 13.6. The van der Waals surface area contributed by atoms with Crippen LogP contribution in [0.3, 0.4) is 0 Å². The standard InChI is InChI=1S/C14H6Cl5FN2O2/c15-5-2-1-3-7(20)9(5)13(23)22-14(24)21-8-4-6(16)10(17)12(19)11(8)18/h1-4H,(H2,21,22,23,24). The largest absolute Gasteiger partial charge is 0.326 e. The zero-order valence-corrected chi connectivity index (χ0v) is 15.2. The van der Waals surface area contributed by atoms with Gasteiger partial charge in [0.05, 0.1) is 36.4 Å². The Balaban J connectivity index is 2.19. The Morgan fingerprint density at radius 3 is 2.21 bits per heavy atom. The first-order valence-corrected chi connectivity index (χ1v) is 8.00. The third-order valence-corrected chi connectivity index (χ3v) is 4.83. The monoisotopic (exact) mass is 428 g/mol. The molecule has 0 heterocycles.